The van der Waals surface area contributed by atoms with E-state index in [0.29, 0.717) is 43.2 Å². The highest BCUT2D eigenvalue weighted by molar-refractivity contribution is 7.12. The van der Waals surface area contributed by atoms with Crippen LogP contribution in [0.4, 0.5) is 4.39 Å². The Bertz CT molecular complexity index is 1100. The normalized spacial score (nSPS) is 22.1. The quantitative estimate of drug-likeness (QED) is 0.609. The van der Waals surface area contributed by atoms with Gasteiger partial charge in [-0.15, -0.1) is 11.3 Å². The van der Waals surface area contributed by atoms with Crippen LogP contribution in [0.3, 0.4) is 0 Å². The molecule has 0 bridgehead atoms. The lowest BCUT2D eigenvalue weighted by atomic mass is 9.90. The Morgan fingerprint density at radius 2 is 1.76 bits per heavy atom. The topological polar surface area (TPSA) is 60.9 Å². The van der Waals surface area contributed by atoms with Crippen LogP contribution in [-0.2, 0) is 11.3 Å². The first kappa shape index (κ1) is 23.2. The van der Waals surface area contributed by atoms with E-state index < -0.39 is 0 Å². The van der Waals surface area contributed by atoms with Crippen molar-refractivity contribution in [3.63, 3.8) is 0 Å². The molecule has 6 nitrogen and oxygen atoms in total. The molecule has 0 N–H and O–H groups in total. The number of piperazine rings is 1. The van der Waals surface area contributed by atoms with Gasteiger partial charge in [-0.2, -0.15) is 0 Å². The van der Waals surface area contributed by atoms with Crippen LogP contribution in [0.15, 0.2) is 35.7 Å². The molecule has 2 aliphatic heterocycles. The van der Waals surface area contributed by atoms with Crippen LogP contribution in [0, 0.1) is 17.2 Å². The summed E-state index contributed by atoms with van der Waals surface area (Å²) in [6.45, 7) is 6.56. The Morgan fingerprint density at radius 3 is 2.41 bits per heavy atom. The van der Waals surface area contributed by atoms with Crippen molar-refractivity contribution in [2.75, 3.05) is 39.3 Å². The van der Waals surface area contributed by atoms with Gasteiger partial charge in [0.25, 0.3) is 5.91 Å². The Balaban J connectivity index is 1.10. The number of amides is 2. The molecular weight excluding hydrogens is 453 g/mol. The second-order valence-electron chi connectivity index (χ2n) is 9.90. The van der Waals surface area contributed by atoms with E-state index in [9.17, 15) is 18.8 Å². The van der Waals surface area contributed by atoms with Crippen molar-refractivity contribution < 1.29 is 18.8 Å². The van der Waals surface area contributed by atoms with Gasteiger partial charge in [0, 0.05) is 57.1 Å². The number of nitrogens with zero attached hydrogens (tertiary/aromatic N) is 3. The van der Waals surface area contributed by atoms with E-state index >= 15 is 0 Å². The van der Waals surface area contributed by atoms with Gasteiger partial charge in [-0.3, -0.25) is 19.3 Å². The van der Waals surface area contributed by atoms with Crippen molar-refractivity contribution in [2.45, 2.75) is 32.7 Å². The van der Waals surface area contributed by atoms with E-state index in [4.69, 9.17) is 0 Å². The van der Waals surface area contributed by atoms with Crippen molar-refractivity contribution in [1.82, 2.24) is 14.7 Å². The summed E-state index contributed by atoms with van der Waals surface area (Å²) >= 11 is 1.32. The van der Waals surface area contributed by atoms with Gasteiger partial charge in [0.1, 0.15) is 5.82 Å². The van der Waals surface area contributed by atoms with Crippen LogP contribution in [0.5, 0.6) is 0 Å². The number of carbonyl (C=O) groups excluding carboxylic acids is 3. The van der Waals surface area contributed by atoms with Crippen molar-refractivity contribution >= 4 is 28.9 Å². The second kappa shape index (κ2) is 9.23. The number of thiophene rings is 1. The van der Waals surface area contributed by atoms with E-state index in [1.54, 1.807) is 23.6 Å². The fourth-order valence-electron chi connectivity index (χ4n) is 5.46. The Labute approximate surface area is 203 Å². The maximum atomic E-state index is 13.4. The number of halogens is 1. The van der Waals surface area contributed by atoms with Crippen molar-refractivity contribution in [2.24, 2.45) is 11.3 Å². The standard InChI is InChI=1S/C26H30FN3O3S/c1-18(31)23-14-20(17-34-23)24(32)29-7-5-26(6-8-29)15-22(26)25(33)30-11-9-28(10-12-30)16-19-3-2-4-21(27)13-19/h2-4,13-14,17,22H,5-12,15-16H2,1H3. The number of carbonyl (C=O) groups is 3. The van der Waals surface area contributed by atoms with Crippen LogP contribution in [-0.4, -0.2) is 71.6 Å². The molecule has 1 aromatic carbocycles. The van der Waals surface area contributed by atoms with Gasteiger partial charge in [0.05, 0.1) is 10.4 Å². The van der Waals surface area contributed by atoms with Crippen LogP contribution in [0.25, 0.3) is 0 Å². The van der Waals surface area contributed by atoms with E-state index in [-0.39, 0.29) is 34.7 Å². The minimum absolute atomic E-state index is 0.0171. The molecule has 34 heavy (non-hydrogen) atoms. The predicted molar refractivity (Wildman–Crippen MR) is 128 cm³/mol. The minimum Gasteiger partial charge on any atom is -0.340 e. The largest absolute Gasteiger partial charge is 0.340 e. The first-order valence-corrected chi connectivity index (χ1v) is 12.9. The Kier molecular flexibility index (Phi) is 6.29. The highest BCUT2D eigenvalue weighted by Gasteiger charge is 2.59. The van der Waals surface area contributed by atoms with Crippen LogP contribution in [0.1, 0.15) is 51.8 Å². The lowest BCUT2D eigenvalue weighted by molar-refractivity contribution is -0.135. The highest BCUT2D eigenvalue weighted by Crippen LogP contribution is 2.60. The molecule has 5 rings (SSSR count). The average molecular weight is 484 g/mol. The van der Waals surface area contributed by atoms with E-state index in [1.165, 1.54) is 24.3 Å². The third-order valence-corrected chi connectivity index (χ3v) is 8.74. The number of Topliss-reactive ketones (excluding diaryl/α,β-unsaturated/α-hetero) is 1. The van der Waals surface area contributed by atoms with Gasteiger partial charge < -0.3 is 9.80 Å². The van der Waals surface area contributed by atoms with Gasteiger partial charge in [-0.1, -0.05) is 12.1 Å². The number of hydrogen-bond donors (Lipinski definition) is 0. The molecule has 1 unspecified atom stereocenters. The second-order valence-corrected chi connectivity index (χ2v) is 10.8. The van der Waals surface area contributed by atoms with Gasteiger partial charge >= 0.3 is 0 Å². The number of rotatable bonds is 5. The van der Waals surface area contributed by atoms with E-state index in [2.05, 4.69) is 4.90 Å². The molecule has 1 aliphatic carbocycles. The molecular formula is C26H30FN3O3S. The summed E-state index contributed by atoms with van der Waals surface area (Å²) in [5, 5.41) is 1.76. The molecule has 0 radical (unpaired) electrons. The predicted octanol–water partition coefficient (Wildman–Crippen LogP) is 3.68. The zero-order valence-electron chi connectivity index (χ0n) is 19.5. The number of ketones is 1. The summed E-state index contributed by atoms with van der Waals surface area (Å²) in [4.78, 5) is 44.3. The Hall–Kier alpha value is -2.58. The molecule has 3 heterocycles. The molecule has 3 fully saturated rings. The molecule has 1 saturated carbocycles. The van der Waals surface area contributed by atoms with Crippen LogP contribution >= 0.6 is 11.3 Å². The van der Waals surface area contributed by atoms with E-state index in [1.807, 2.05) is 15.9 Å². The number of benzene rings is 1. The fourth-order valence-corrected chi connectivity index (χ4v) is 6.24. The molecule has 1 spiro atoms. The lowest BCUT2D eigenvalue weighted by Crippen LogP contribution is -2.49. The first-order valence-electron chi connectivity index (χ1n) is 12.0. The Morgan fingerprint density at radius 1 is 1.03 bits per heavy atom. The molecule has 2 saturated heterocycles. The molecule has 3 aliphatic rings. The molecule has 1 atom stereocenters. The molecule has 180 valence electrons. The van der Waals surface area contributed by atoms with Crippen molar-refractivity contribution in [3.05, 3.63) is 57.5 Å². The van der Waals surface area contributed by atoms with Crippen LogP contribution < -0.4 is 0 Å². The summed E-state index contributed by atoms with van der Waals surface area (Å²) in [6, 6.07) is 8.39. The SMILES string of the molecule is CC(=O)c1cc(C(=O)N2CCC3(CC2)CC3C(=O)N2CCN(Cc3cccc(F)c3)CC2)cs1. The summed E-state index contributed by atoms with van der Waals surface area (Å²) < 4.78 is 13.4. The average Bonchev–Trinajstić information content (AvgIpc) is 3.28. The maximum absolute atomic E-state index is 13.4. The maximum Gasteiger partial charge on any atom is 0.254 e. The number of hydrogen-bond acceptors (Lipinski definition) is 5. The van der Waals surface area contributed by atoms with Crippen LogP contribution in [0.2, 0.25) is 0 Å². The molecule has 1 aromatic heterocycles. The van der Waals surface area contributed by atoms with E-state index in [0.717, 1.165) is 37.9 Å². The highest BCUT2D eigenvalue weighted by atomic mass is 32.1. The molecule has 2 aromatic rings. The minimum atomic E-state index is -0.214. The summed E-state index contributed by atoms with van der Waals surface area (Å²) in [5.74, 6) is 0.0839. The zero-order chi connectivity index (χ0) is 23.9. The molecule has 2 amide bonds. The third kappa shape index (κ3) is 4.66. The van der Waals surface area contributed by atoms with Gasteiger partial charge in [-0.25, -0.2) is 4.39 Å². The summed E-state index contributed by atoms with van der Waals surface area (Å²) in [5.41, 5.74) is 1.60. The van der Waals surface area contributed by atoms with Crippen molar-refractivity contribution in [3.8, 4) is 0 Å². The monoisotopic (exact) mass is 483 g/mol. The smallest absolute Gasteiger partial charge is 0.254 e. The summed E-state index contributed by atoms with van der Waals surface area (Å²) in [7, 11) is 0. The first-order chi connectivity index (χ1) is 16.3. The van der Waals surface area contributed by atoms with Gasteiger partial charge in [-0.05, 0) is 55.4 Å². The fraction of sp³-hybridized carbons (Fsp3) is 0.500. The van der Waals surface area contributed by atoms with Crippen molar-refractivity contribution in [1.29, 1.82) is 0 Å². The van der Waals surface area contributed by atoms with Gasteiger partial charge in [0.2, 0.25) is 5.91 Å². The lowest BCUT2D eigenvalue weighted by Gasteiger charge is -2.36. The molecule has 8 heteroatoms. The summed E-state index contributed by atoms with van der Waals surface area (Å²) in [6.07, 6.45) is 2.64. The zero-order valence-corrected chi connectivity index (χ0v) is 20.3. The number of likely N-dealkylation sites (tertiary alicyclic amines) is 1. The third-order valence-electron chi connectivity index (χ3n) is 7.71. The number of piperidine rings is 1. The van der Waals surface area contributed by atoms with Gasteiger partial charge in [0.15, 0.2) is 5.78 Å².